The zero-order valence-electron chi connectivity index (χ0n) is 12.1. The number of hydrogen-bond acceptors (Lipinski definition) is 3. The Kier molecular flexibility index (Phi) is 6.05. The third-order valence-electron chi connectivity index (χ3n) is 3.12. The monoisotopic (exact) mass is 305 g/mol. The molecule has 2 aromatic carbocycles. The van der Waals surface area contributed by atoms with Gasteiger partial charge in [0.15, 0.2) is 0 Å². The summed E-state index contributed by atoms with van der Waals surface area (Å²) in [5.41, 5.74) is 3.13. The van der Waals surface area contributed by atoms with Gasteiger partial charge in [-0.05, 0) is 30.7 Å². The lowest BCUT2D eigenvalue weighted by Crippen LogP contribution is -2.24. The van der Waals surface area contributed by atoms with Crippen molar-refractivity contribution in [2.75, 3.05) is 18.5 Å². The van der Waals surface area contributed by atoms with Crippen molar-refractivity contribution in [1.82, 2.24) is 0 Å². The standard InChI is InChI=1S/C17H20ClNO2/c1-13-6-8-15(9-7-13)19-10-16(20)12-21-11-14-4-2-3-5-17(14)18/h2-9,16,19-20H,10-12H2,1H3. The molecule has 0 spiro atoms. The van der Waals surface area contributed by atoms with Crippen LogP contribution in [0.2, 0.25) is 5.02 Å². The van der Waals surface area contributed by atoms with Gasteiger partial charge in [0, 0.05) is 17.3 Å². The van der Waals surface area contributed by atoms with Gasteiger partial charge in [-0.3, -0.25) is 0 Å². The van der Waals surface area contributed by atoms with E-state index in [0.717, 1.165) is 11.3 Å². The third kappa shape index (κ3) is 5.38. The fourth-order valence-corrected chi connectivity index (χ4v) is 2.08. The fraction of sp³-hybridized carbons (Fsp3) is 0.294. The maximum absolute atomic E-state index is 9.89. The van der Waals surface area contributed by atoms with Crippen molar-refractivity contribution in [1.29, 1.82) is 0 Å². The van der Waals surface area contributed by atoms with E-state index in [0.29, 0.717) is 18.2 Å². The van der Waals surface area contributed by atoms with Gasteiger partial charge in [0.2, 0.25) is 0 Å². The number of aryl methyl sites for hydroxylation is 1. The van der Waals surface area contributed by atoms with Gasteiger partial charge in [-0.15, -0.1) is 0 Å². The summed E-state index contributed by atoms with van der Waals surface area (Å²) in [6.45, 7) is 3.16. The van der Waals surface area contributed by atoms with Gasteiger partial charge in [-0.1, -0.05) is 47.5 Å². The normalized spacial score (nSPS) is 12.1. The molecular formula is C17H20ClNO2. The Balaban J connectivity index is 1.69. The van der Waals surface area contributed by atoms with Gasteiger partial charge >= 0.3 is 0 Å². The van der Waals surface area contributed by atoms with Gasteiger partial charge in [-0.25, -0.2) is 0 Å². The van der Waals surface area contributed by atoms with Crippen LogP contribution < -0.4 is 5.32 Å². The lowest BCUT2D eigenvalue weighted by atomic mass is 10.2. The Morgan fingerprint density at radius 1 is 1.14 bits per heavy atom. The molecule has 2 aromatic rings. The molecule has 0 fully saturated rings. The van der Waals surface area contributed by atoms with E-state index in [1.165, 1.54) is 5.56 Å². The molecule has 0 radical (unpaired) electrons. The number of halogens is 1. The molecule has 0 aliphatic rings. The average molecular weight is 306 g/mol. The van der Waals surface area contributed by atoms with Crippen LogP contribution >= 0.6 is 11.6 Å². The molecule has 1 unspecified atom stereocenters. The predicted octanol–water partition coefficient (Wildman–Crippen LogP) is 3.64. The number of hydrogen-bond donors (Lipinski definition) is 2. The Labute approximate surface area is 130 Å². The van der Waals surface area contributed by atoms with Crippen LogP contribution in [-0.4, -0.2) is 24.4 Å². The Morgan fingerprint density at radius 2 is 1.86 bits per heavy atom. The Hall–Kier alpha value is -1.55. The summed E-state index contributed by atoms with van der Waals surface area (Å²) >= 11 is 6.04. The van der Waals surface area contributed by atoms with Gasteiger partial charge < -0.3 is 15.2 Å². The van der Waals surface area contributed by atoms with Crippen LogP contribution in [0.5, 0.6) is 0 Å². The van der Waals surface area contributed by atoms with E-state index in [2.05, 4.69) is 5.32 Å². The highest BCUT2D eigenvalue weighted by molar-refractivity contribution is 6.31. The number of benzene rings is 2. The molecule has 0 amide bonds. The summed E-state index contributed by atoms with van der Waals surface area (Å²) in [4.78, 5) is 0. The van der Waals surface area contributed by atoms with Crippen molar-refractivity contribution in [3.05, 3.63) is 64.7 Å². The maximum atomic E-state index is 9.89. The molecule has 21 heavy (non-hydrogen) atoms. The molecular weight excluding hydrogens is 286 g/mol. The van der Waals surface area contributed by atoms with Crippen molar-refractivity contribution in [3.8, 4) is 0 Å². The van der Waals surface area contributed by atoms with Crippen LogP contribution in [0.4, 0.5) is 5.69 Å². The first kappa shape index (κ1) is 15.8. The van der Waals surface area contributed by atoms with Crippen LogP contribution in [0.1, 0.15) is 11.1 Å². The number of aliphatic hydroxyl groups excluding tert-OH is 1. The molecule has 0 heterocycles. The number of anilines is 1. The first-order valence-electron chi connectivity index (χ1n) is 6.95. The van der Waals surface area contributed by atoms with E-state index < -0.39 is 6.10 Å². The lowest BCUT2D eigenvalue weighted by Gasteiger charge is -2.14. The van der Waals surface area contributed by atoms with Crippen LogP contribution in [0.15, 0.2) is 48.5 Å². The van der Waals surface area contributed by atoms with Crippen molar-refractivity contribution < 1.29 is 9.84 Å². The molecule has 0 saturated heterocycles. The molecule has 0 aliphatic heterocycles. The SMILES string of the molecule is Cc1ccc(NCC(O)COCc2ccccc2Cl)cc1. The molecule has 0 saturated carbocycles. The zero-order chi connectivity index (χ0) is 15.1. The van der Waals surface area contributed by atoms with Crippen LogP contribution in [0.3, 0.4) is 0 Å². The second kappa shape index (κ2) is 8.03. The van der Waals surface area contributed by atoms with Crippen molar-refractivity contribution in [3.63, 3.8) is 0 Å². The average Bonchev–Trinajstić information content (AvgIpc) is 2.49. The lowest BCUT2D eigenvalue weighted by molar-refractivity contribution is 0.0348. The van der Waals surface area contributed by atoms with Gasteiger partial charge in [-0.2, -0.15) is 0 Å². The molecule has 1 atom stereocenters. The third-order valence-corrected chi connectivity index (χ3v) is 3.49. The fourth-order valence-electron chi connectivity index (χ4n) is 1.89. The highest BCUT2D eigenvalue weighted by atomic mass is 35.5. The van der Waals surface area contributed by atoms with E-state index in [-0.39, 0.29) is 6.61 Å². The number of aliphatic hydroxyl groups is 1. The van der Waals surface area contributed by atoms with Crippen molar-refractivity contribution >= 4 is 17.3 Å². The maximum Gasteiger partial charge on any atom is 0.0945 e. The molecule has 0 bridgehead atoms. The van der Waals surface area contributed by atoms with E-state index in [4.69, 9.17) is 16.3 Å². The first-order valence-corrected chi connectivity index (χ1v) is 7.32. The van der Waals surface area contributed by atoms with Crippen LogP contribution in [0, 0.1) is 6.92 Å². The highest BCUT2D eigenvalue weighted by Gasteiger charge is 2.05. The topological polar surface area (TPSA) is 41.5 Å². The number of rotatable bonds is 7. The van der Waals surface area contributed by atoms with Gasteiger partial charge in [0.1, 0.15) is 0 Å². The minimum absolute atomic E-state index is 0.268. The molecule has 0 aromatic heterocycles. The smallest absolute Gasteiger partial charge is 0.0945 e. The minimum atomic E-state index is -0.561. The summed E-state index contributed by atoms with van der Waals surface area (Å²) < 4.78 is 5.50. The Morgan fingerprint density at radius 3 is 2.57 bits per heavy atom. The zero-order valence-corrected chi connectivity index (χ0v) is 12.8. The molecule has 0 aliphatic carbocycles. The largest absolute Gasteiger partial charge is 0.389 e. The summed E-state index contributed by atoms with van der Waals surface area (Å²) in [7, 11) is 0. The van der Waals surface area contributed by atoms with Crippen LogP contribution in [-0.2, 0) is 11.3 Å². The van der Waals surface area contributed by atoms with Crippen molar-refractivity contribution in [2.45, 2.75) is 19.6 Å². The number of nitrogens with one attached hydrogen (secondary N) is 1. The van der Waals surface area contributed by atoms with Crippen LogP contribution in [0.25, 0.3) is 0 Å². The summed E-state index contributed by atoms with van der Waals surface area (Å²) in [5, 5.41) is 13.8. The van der Waals surface area contributed by atoms with E-state index in [9.17, 15) is 5.11 Å². The second-order valence-electron chi connectivity index (χ2n) is 5.01. The molecule has 2 N–H and O–H groups in total. The number of ether oxygens (including phenoxy) is 1. The van der Waals surface area contributed by atoms with E-state index >= 15 is 0 Å². The van der Waals surface area contributed by atoms with Crippen molar-refractivity contribution in [2.24, 2.45) is 0 Å². The summed E-state index contributed by atoms with van der Waals surface area (Å²) in [6, 6.07) is 15.6. The van der Waals surface area contributed by atoms with Gasteiger partial charge in [0.05, 0.1) is 19.3 Å². The van der Waals surface area contributed by atoms with E-state index in [1.54, 1.807) is 0 Å². The second-order valence-corrected chi connectivity index (χ2v) is 5.41. The molecule has 3 nitrogen and oxygen atoms in total. The highest BCUT2D eigenvalue weighted by Crippen LogP contribution is 2.15. The van der Waals surface area contributed by atoms with E-state index in [1.807, 2.05) is 55.5 Å². The quantitative estimate of drug-likeness (QED) is 0.820. The first-order chi connectivity index (χ1) is 10.1. The molecule has 4 heteroatoms. The summed E-state index contributed by atoms with van der Waals surface area (Å²) in [5.74, 6) is 0. The minimum Gasteiger partial charge on any atom is -0.389 e. The Bertz CT molecular complexity index is 557. The van der Waals surface area contributed by atoms with Gasteiger partial charge in [0.25, 0.3) is 0 Å². The molecule has 112 valence electrons. The molecule has 2 rings (SSSR count). The summed E-state index contributed by atoms with van der Waals surface area (Å²) in [6.07, 6.45) is -0.561. The predicted molar refractivity (Wildman–Crippen MR) is 86.8 cm³/mol.